The van der Waals surface area contributed by atoms with E-state index in [1.54, 1.807) is 18.5 Å². The van der Waals surface area contributed by atoms with Crippen molar-refractivity contribution in [3.8, 4) is 22.5 Å². The number of benzene rings is 2. The van der Waals surface area contributed by atoms with Gasteiger partial charge in [0, 0.05) is 23.2 Å². The van der Waals surface area contributed by atoms with Crippen LogP contribution in [0.2, 0.25) is 0 Å². The molecule has 2 heterocycles. The molecule has 0 spiro atoms. The Labute approximate surface area is 187 Å². The van der Waals surface area contributed by atoms with Gasteiger partial charge in [-0.25, -0.2) is 18.2 Å². The Balaban J connectivity index is 1.64. The molecule has 5 nitrogen and oxygen atoms in total. The zero-order valence-electron chi connectivity index (χ0n) is 17.5. The molecule has 2 aromatic carbocycles. The van der Waals surface area contributed by atoms with Crippen molar-refractivity contribution >= 4 is 11.6 Å². The van der Waals surface area contributed by atoms with Crippen molar-refractivity contribution in [2.45, 2.75) is 31.7 Å². The van der Waals surface area contributed by atoms with Gasteiger partial charge in [0.2, 0.25) is 0 Å². The highest BCUT2D eigenvalue weighted by molar-refractivity contribution is 6.02. The van der Waals surface area contributed by atoms with Crippen LogP contribution in [-0.4, -0.2) is 15.5 Å². The maximum absolute atomic E-state index is 15.7. The van der Waals surface area contributed by atoms with E-state index < -0.39 is 23.4 Å². The summed E-state index contributed by atoms with van der Waals surface area (Å²) in [7, 11) is 0. The van der Waals surface area contributed by atoms with Crippen molar-refractivity contribution in [3.63, 3.8) is 0 Å². The lowest BCUT2D eigenvalue weighted by Gasteiger charge is -2.18. The molecule has 0 atom stereocenters. The maximum Gasteiger partial charge on any atom is 0.291 e. The van der Waals surface area contributed by atoms with Crippen LogP contribution in [0.1, 0.15) is 42.3 Å². The predicted molar refractivity (Wildman–Crippen MR) is 117 cm³/mol. The molecule has 0 unspecified atom stereocenters. The SMILES string of the molecule is O=C(Nc1cc(F)cc(-c2c(-c3ccc(F)cc3)ncn2C2CCCC2)c1F)c1ccco1. The fraction of sp³-hybridized carbons (Fsp3) is 0.200. The molecular weight excluding hydrogens is 431 g/mol. The molecular formula is C25H20F3N3O2. The van der Waals surface area contributed by atoms with E-state index in [1.165, 1.54) is 30.5 Å². The summed E-state index contributed by atoms with van der Waals surface area (Å²) in [6.45, 7) is 0. The number of rotatable bonds is 5. The molecule has 8 heteroatoms. The topological polar surface area (TPSA) is 60.1 Å². The number of furan rings is 1. The van der Waals surface area contributed by atoms with Crippen LogP contribution >= 0.6 is 0 Å². The van der Waals surface area contributed by atoms with Crippen molar-refractivity contribution in [3.05, 3.63) is 84.3 Å². The van der Waals surface area contributed by atoms with Gasteiger partial charge < -0.3 is 14.3 Å². The van der Waals surface area contributed by atoms with Gasteiger partial charge in [0.15, 0.2) is 11.6 Å². The van der Waals surface area contributed by atoms with Gasteiger partial charge in [-0.1, -0.05) is 12.8 Å². The van der Waals surface area contributed by atoms with Crippen molar-refractivity contribution in [1.29, 1.82) is 0 Å². The first kappa shape index (κ1) is 21.1. The zero-order valence-corrected chi connectivity index (χ0v) is 17.5. The van der Waals surface area contributed by atoms with Crippen LogP contribution in [-0.2, 0) is 0 Å². The minimum atomic E-state index is -0.792. The summed E-state index contributed by atoms with van der Waals surface area (Å²) in [4.78, 5) is 16.9. The summed E-state index contributed by atoms with van der Waals surface area (Å²) in [5.41, 5.74) is 1.03. The standard InChI is InChI=1S/C25H20F3N3O2/c26-16-9-7-15(8-10-16)23-24(31(14-29-23)18-4-1-2-5-18)19-12-17(27)13-20(22(19)28)30-25(32)21-6-3-11-33-21/h3,6-14,18H,1-2,4-5H2,(H,30,32). The molecule has 1 aliphatic carbocycles. The number of imidazole rings is 1. The number of hydrogen-bond acceptors (Lipinski definition) is 3. The Morgan fingerprint density at radius 3 is 2.48 bits per heavy atom. The highest BCUT2D eigenvalue weighted by Crippen LogP contribution is 2.40. The van der Waals surface area contributed by atoms with Gasteiger partial charge in [0.25, 0.3) is 5.91 Å². The lowest BCUT2D eigenvalue weighted by molar-refractivity contribution is 0.0996. The molecule has 0 saturated heterocycles. The Bertz CT molecular complexity index is 1290. The number of nitrogens with one attached hydrogen (secondary N) is 1. The minimum Gasteiger partial charge on any atom is -0.459 e. The third-order valence-corrected chi connectivity index (χ3v) is 5.92. The number of anilines is 1. The second kappa shape index (κ2) is 8.61. The number of amides is 1. The lowest BCUT2D eigenvalue weighted by atomic mass is 10.0. The number of aromatic nitrogens is 2. The van der Waals surface area contributed by atoms with Gasteiger partial charge in [-0.15, -0.1) is 0 Å². The molecule has 1 N–H and O–H groups in total. The molecule has 33 heavy (non-hydrogen) atoms. The summed E-state index contributed by atoms with van der Waals surface area (Å²) in [5, 5.41) is 2.38. The van der Waals surface area contributed by atoms with Crippen molar-refractivity contribution < 1.29 is 22.4 Å². The fourth-order valence-corrected chi connectivity index (χ4v) is 4.35. The maximum atomic E-state index is 15.7. The summed E-state index contributed by atoms with van der Waals surface area (Å²) in [6, 6.07) is 10.8. The van der Waals surface area contributed by atoms with Crippen LogP contribution in [0.25, 0.3) is 22.5 Å². The highest BCUT2D eigenvalue weighted by atomic mass is 19.1. The van der Waals surface area contributed by atoms with E-state index in [4.69, 9.17) is 4.42 Å². The van der Waals surface area contributed by atoms with E-state index in [2.05, 4.69) is 10.3 Å². The summed E-state index contributed by atoms with van der Waals surface area (Å²) in [5.74, 6) is -2.64. The van der Waals surface area contributed by atoms with E-state index in [1.807, 2.05) is 4.57 Å². The molecule has 0 radical (unpaired) electrons. The van der Waals surface area contributed by atoms with Crippen molar-refractivity contribution in [2.75, 3.05) is 5.32 Å². The molecule has 4 aromatic rings. The first-order chi connectivity index (χ1) is 16.0. The van der Waals surface area contributed by atoms with Gasteiger partial charge >= 0.3 is 0 Å². The number of carbonyl (C=O) groups is 1. The minimum absolute atomic E-state index is 0.0248. The number of carbonyl (C=O) groups excluding carboxylic acids is 1. The van der Waals surface area contributed by atoms with Gasteiger partial charge in [-0.05, 0) is 55.3 Å². The number of halogens is 3. The lowest BCUT2D eigenvalue weighted by Crippen LogP contribution is -2.13. The predicted octanol–water partition coefficient (Wildman–Crippen LogP) is 6.59. The van der Waals surface area contributed by atoms with Gasteiger partial charge in [-0.2, -0.15) is 0 Å². The molecule has 0 aliphatic heterocycles. The highest BCUT2D eigenvalue weighted by Gasteiger charge is 2.27. The van der Waals surface area contributed by atoms with Crippen LogP contribution in [0.15, 0.2) is 65.5 Å². The van der Waals surface area contributed by atoms with E-state index in [-0.39, 0.29) is 23.1 Å². The summed E-state index contributed by atoms with van der Waals surface area (Å²) < 4.78 is 50.8. The van der Waals surface area contributed by atoms with E-state index in [0.29, 0.717) is 17.0 Å². The smallest absolute Gasteiger partial charge is 0.291 e. The molecule has 1 saturated carbocycles. The number of nitrogens with zero attached hydrogens (tertiary/aromatic N) is 2. The van der Waals surface area contributed by atoms with Crippen LogP contribution in [0.3, 0.4) is 0 Å². The summed E-state index contributed by atoms with van der Waals surface area (Å²) >= 11 is 0. The molecule has 1 aliphatic rings. The third kappa shape index (κ3) is 4.04. The third-order valence-electron chi connectivity index (χ3n) is 5.92. The fourth-order valence-electron chi connectivity index (χ4n) is 4.35. The molecule has 0 bridgehead atoms. The largest absolute Gasteiger partial charge is 0.459 e. The zero-order chi connectivity index (χ0) is 22.9. The Kier molecular flexibility index (Phi) is 5.50. The number of hydrogen-bond donors (Lipinski definition) is 1. The van der Waals surface area contributed by atoms with Crippen molar-refractivity contribution in [2.24, 2.45) is 0 Å². The van der Waals surface area contributed by atoms with E-state index in [0.717, 1.165) is 37.8 Å². The van der Waals surface area contributed by atoms with Crippen molar-refractivity contribution in [1.82, 2.24) is 9.55 Å². The van der Waals surface area contributed by atoms with Gasteiger partial charge in [0.1, 0.15) is 11.6 Å². The average Bonchev–Trinajstić information content (AvgIpc) is 3.57. The quantitative estimate of drug-likeness (QED) is 0.372. The Morgan fingerprint density at radius 2 is 1.79 bits per heavy atom. The van der Waals surface area contributed by atoms with Gasteiger partial charge in [-0.3, -0.25) is 4.79 Å². The Morgan fingerprint density at radius 1 is 1.03 bits per heavy atom. The molecule has 2 aromatic heterocycles. The normalized spacial score (nSPS) is 14.0. The van der Waals surface area contributed by atoms with Crippen LogP contribution in [0, 0.1) is 17.5 Å². The molecule has 1 fully saturated rings. The van der Waals surface area contributed by atoms with Crippen LogP contribution < -0.4 is 5.32 Å². The second-order valence-electron chi connectivity index (χ2n) is 8.04. The molecule has 168 valence electrons. The Hall–Kier alpha value is -3.81. The summed E-state index contributed by atoms with van der Waals surface area (Å²) in [6.07, 6.45) is 6.79. The van der Waals surface area contributed by atoms with Crippen LogP contribution in [0.4, 0.5) is 18.9 Å². The first-order valence-corrected chi connectivity index (χ1v) is 10.7. The van der Waals surface area contributed by atoms with E-state index >= 15 is 4.39 Å². The van der Waals surface area contributed by atoms with E-state index in [9.17, 15) is 13.6 Å². The second-order valence-corrected chi connectivity index (χ2v) is 8.04. The monoisotopic (exact) mass is 451 g/mol. The van der Waals surface area contributed by atoms with Crippen LogP contribution in [0.5, 0.6) is 0 Å². The molecule has 5 rings (SSSR count). The molecule has 1 amide bonds. The van der Waals surface area contributed by atoms with Gasteiger partial charge in [0.05, 0.1) is 29.7 Å². The first-order valence-electron chi connectivity index (χ1n) is 10.7. The average molecular weight is 451 g/mol.